The van der Waals surface area contributed by atoms with E-state index in [4.69, 9.17) is 11.6 Å². The molecule has 7 nitrogen and oxygen atoms in total. The molecular weight excluding hydrogens is 292 g/mol. The average molecular weight is 301 g/mol. The van der Waals surface area contributed by atoms with Gasteiger partial charge in [0, 0.05) is 23.6 Å². The standard InChI is InChI=1S/C13H9ClN6O/c14-11-4-5-15-7-10(11)13(21)16-9-3-1-2-8(6-9)12-17-19-20-18-12/h1-7H,(H,16,21)(H,17,18,19,20). The molecule has 0 unspecified atom stereocenters. The number of H-pyrrole nitrogens is 1. The fraction of sp³-hybridized carbons (Fsp3) is 0. The van der Waals surface area contributed by atoms with Crippen molar-refractivity contribution in [3.63, 3.8) is 0 Å². The van der Waals surface area contributed by atoms with Gasteiger partial charge in [0.2, 0.25) is 5.82 Å². The number of hydrogen-bond donors (Lipinski definition) is 2. The molecule has 0 bridgehead atoms. The molecule has 1 amide bonds. The molecule has 0 saturated heterocycles. The number of rotatable bonds is 3. The third-order valence-electron chi connectivity index (χ3n) is 2.74. The van der Waals surface area contributed by atoms with Gasteiger partial charge in [0.05, 0.1) is 10.6 Å². The van der Waals surface area contributed by atoms with E-state index >= 15 is 0 Å². The quantitative estimate of drug-likeness (QED) is 0.772. The summed E-state index contributed by atoms with van der Waals surface area (Å²) in [5, 5.41) is 16.7. The Morgan fingerprint density at radius 3 is 2.95 bits per heavy atom. The summed E-state index contributed by atoms with van der Waals surface area (Å²) in [6.07, 6.45) is 2.94. The Bertz CT molecular complexity index is 774. The molecule has 0 atom stereocenters. The largest absolute Gasteiger partial charge is 0.322 e. The van der Waals surface area contributed by atoms with Gasteiger partial charge in [-0.2, -0.15) is 5.21 Å². The van der Waals surface area contributed by atoms with Crippen LogP contribution in [0.25, 0.3) is 11.4 Å². The summed E-state index contributed by atoms with van der Waals surface area (Å²) in [5.41, 5.74) is 1.64. The number of nitrogens with zero attached hydrogens (tertiary/aromatic N) is 4. The number of carbonyl (C=O) groups is 1. The molecule has 1 aromatic carbocycles. The Hall–Kier alpha value is -2.80. The first-order valence-corrected chi connectivity index (χ1v) is 6.36. The molecule has 0 aliphatic rings. The first-order valence-electron chi connectivity index (χ1n) is 5.99. The highest BCUT2D eigenvalue weighted by Crippen LogP contribution is 2.20. The third kappa shape index (κ3) is 2.87. The van der Waals surface area contributed by atoms with Gasteiger partial charge in [0.15, 0.2) is 0 Å². The second-order valence-electron chi connectivity index (χ2n) is 4.13. The van der Waals surface area contributed by atoms with E-state index in [1.54, 1.807) is 24.3 Å². The molecule has 2 heterocycles. The zero-order chi connectivity index (χ0) is 14.7. The second kappa shape index (κ2) is 5.68. The summed E-state index contributed by atoms with van der Waals surface area (Å²) in [5.74, 6) is 0.115. The lowest BCUT2D eigenvalue weighted by molar-refractivity contribution is 0.102. The predicted octanol–water partition coefficient (Wildman–Crippen LogP) is 2.17. The third-order valence-corrected chi connectivity index (χ3v) is 3.07. The summed E-state index contributed by atoms with van der Waals surface area (Å²) in [7, 11) is 0. The van der Waals surface area contributed by atoms with Crippen molar-refractivity contribution in [1.82, 2.24) is 25.6 Å². The van der Waals surface area contributed by atoms with Crippen molar-refractivity contribution in [1.29, 1.82) is 0 Å². The highest BCUT2D eigenvalue weighted by Gasteiger charge is 2.11. The number of aromatic nitrogens is 5. The van der Waals surface area contributed by atoms with Gasteiger partial charge < -0.3 is 5.32 Å². The number of tetrazole rings is 1. The van der Waals surface area contributed by atoms with Crippen molar-refractivity contribution < 1.29 is 4.79 Å². The topological polar surface area (TPSA) is 96.5 Å². The molecule has 2 aromatic heterocycles. The van der Waals surface area contributed by atoms with E-state index in [0.29, 0.717) is 22.1 Å². The number of nitrogens with one attached hydrogen (secondary N) is 2. The maximum absolute atomic E-state index is 12.1. The van der Waals surface area contributed by atoms with Crippen LogP contribution in [0, 0.1) is 0 Å². The molecule has 0 spiro atoms. The molecule has 0 saturated carbocycles. The minimum Gasteiger partial charge on any atom is -0.322 e. The monoisotopic (exact) mass is 300 g/mol. The van der Waals surface area contributed by atoms with E-state index in [1.165, 1.54) is 12.4 Å². The van der Waals surface area contributed by atoms with Gasteiger partial charge in [-0.3, -0.25) is 9.78 Å². The van der Waals surface area contributed by atoms with Crippen molar-refractivity contribution in [2.75, 3.05) is 5.32 Å². The highest BCUT2D eigenvalue weighted by atomic mass is 35.5. The van der Waals surface area contributed by atoms with Gasteiger partial charge in [-0.25, -0.2) is 0 Å². The maximum Gasteiger partial charge on any atom is 0.258 e. The van der Waals surface area contributed by atoms with Crippen LogP contribution in [0.3, 0.4) is 0 Å². The van der Waals surface area contributed by atoms with E-state index in [9.17, 15) is 4.79 Å². The maximum atomic E-state index is 12.1. The van der Waals surface area contributed by atoms with Crippen LogP contribution in [0.1, 0.15) is 10.4 Å². The number of carbonyl (C=O) groups excluding carboxylic acids is 1. The number of aromatic amines is 1. The number of anilines is 1. The normalized spacial score (nSPS) is 10.3. The Balaban J connectivity index is 1.84. The molecule has 0 radical (unpaired) electrons. The van der Waals surface area contributed by atoms with Crippen molar-refractivity contribution in [2.45, 2.75) is 0 Å². The molecule has 3 rings (SSSR count). The summed E-state index contributed by atoms with van der Waals surface area (Å²) in [6, 6.07) is 8.66. The summed E-state index contributed by atoms with van der Waals surface area (Å²) < 4.78 is 0. The van der Waals surface area contributed by atoms with Crippen LogP contribution in [0.2, 0.25) is 5.02 Å². The predicted molar refractivity (Wildman–Crippen MR) is 76.8 cm³/mol. The van der Waals surface area contributed by atoms with Crippen LogP contribution in [-0.4, -0.2) is 31.5 Å². The Morgan fingerprint density at radius 2 is 2.19 bits per heavy atom. The molecule has 104 valence electrons. The van der Waals surface area contributed by atoms with Crippen LogP contribution in [0.5, 0.6) is 0 Å². The highest BCUT2D eigenvalue weighted by molar-refractivity contribution is 6.34. The number of pyridine rings is 1. The van der Waals surface area contributed by atoms with Crippen LogP contribution < -0.4 is 5.32 Å². The number of amides is 1. The Kier molecular flexibility index (Phi) is 3.57. The van der Waals surface area contributed by atoms with E-state index in [1.807, 2.05) is 6.07 Å². The molecule has 0 aliphatic carbocycles. The first kappa shape index (κ1) is 13.2. The molecule has 0 fully saturated rings. The summed E-state index contributed by atoms with van der Waals surface area (Å²) in [6.45, 7) is 0. The molecular formula is C13H9ClN6O. The lowest BCUT2D eigenvalue weighted by Crippen LogP contribution is -2.12. The SMILES string of the molecule is O=C(Nc1cccc(-c2nn[nH]n2)c1)c1cnccc1Cl. The minimum atomic E-state index is -0.335. The van der Waals surface area contributed by atoms with E-state index in [0.717, 1.165) is 5.56 Å². The van der Waals surface area contributed by atoms with Crippen LogP contribution in [0.4, 0.5) is 5.69 Å². The second-order valence-corrected chi connectivity index (χ2v) is 4.53. The van der Waals surface area contributed by atoms with Gasteiger partial charge in [0.1, 0.15) is 0 Å². The van der Waals surface area contributed by atoms with Gasteiger partial charge >= 0.3 is 0 Å². The van der Waals surface area contributed by atoms with Gasteiger partial charge in [-0.05, 0) is 23.4 Å². The minimum absolute atomic E-state index is 0.309. The zero-order valence-electron chi connectivity index (χ0n) is 10.6. The Labute approximate surface area is 124 Å². The van der Waals surface area contributed by atoms with Crippen molar-refractivity contribution in [2.24, 2.45) is 0 Å². The van der Waals surface area contributed by atoms with Crippen molar-refractivity contribution in [3.05, 3.63) is 53.3 Å². The molecule has 8 heteroatoms. The first-order chi connectivity index (χ1) is 10.2. The van der Waals surface area contributed by atoms with Crippen LogP contribution in [0.15, 0.2) is 42.7 Å². The zero-order valence-corrected chi connectivity index (χ0v) is 11.4. The van der Waals surface area contributed by atoms with Gasteiger partial charge in [0.25, 0.3) is 5.91 Å². The van der Waals surface area contributed by atoms with E-state index < -0.39 is 0 Å². The molecule has 3 aromatic rings. The lowest BCUT2D eigenvalue weighted by atomic mass is 10.2. The smallest absolute Gasteiger partial charge is 0.258 e. The van der Waals surface area contributed by atoms with Gasteiger partial charge in [-0.1, -0.05) is 23.7 Å². The number of hydrogen-bond acceptors (Lipinski definition) is 5. The summed E-state index contributed by atoms with van der Waals surface area (Å²) >= 11 is 5.96. The fourth-order valence-electron chi connectivity index (χ4n) is 1.76. The van der Waals surface area contributed by atoms with Gasteiger partial charge in [-0.15, -0.1) is 10.2 Å². The number of benzene rings is 1. The number of halogens is 1. The van der Waals surface area contributed by atoms with E-state index in [-0.39, 0.29) is 5.91 Å². The lowest BCUT2D eigenvalue weighted by Gasteiger charge is -2.07. The van der Waals surface area contributed by atoms with E-state index in [2.05, 4.69) is 30.9 Å². The van der Waals surface area contributed by atoms with Crippen LogP contribution in [-0.2, 0) is 0 Å². The summed E-state index contributed by atoms with van der Waals surface area (Å²) in [4.78, 5) is 16.0. The van der Waals surface area contributed by atoms with Crippen molar-refractivity contribution >= 4 is 23.2 Å². The molecule has 21 heavy (non-hydrogen) atoms. The van der Waals surface area contributed by atoms with Crippen LogP contribution >= 0.6 is 11.6 Å². The fourth-order valence-corrected chi connectivity index (χ4v) is 1.95. The average Bonchev–Trinajstić information content (AvgIpc) is 3.02. The van der Waals surface area contributed by atoms with Crippen molar-refractivity contribution in [3.8, 4) is 11.4 Å². The molecule has 2 N–H and O–H groups in total. The molecule has 0 aliphatic heterocycles. The Morgan fingerprint density at radius 1 is 1.29 bits per heavy atom.